The van der Waals surface area contributed by atoms with E-state index in [0.29, 0.717) is 24.4 Å². The fourth-order valence-electron chi connectivity index (χ4n) is 2.17. The van der Waals surface area contributed by atoms with Crippen LogP contribution in [0.25, 0.3) is 5.69 Å². The third-order valence-electron chi connectivity index (χ3n) is 3.49. The predicted octanol–water partition coefficient (Wildman–Crippen LogP) is 1.01. The third-order valence-corrected chi connectivity index (χ3v) is 3.49. The van der Waals surface area contributed by atoms with Gasteiger partial charge in [-0.2, -0.15) is 0 Å². The van der Waals surface area contributed by atoms with Crippen molar-refractivity contribution in [3.8, 4) is 11.4 Å². The number of ether oxygens (including phenoxy) is 2. The predicted molar refractivity (Wildman–Crippen MR) is 94.4 cm³/mol. The van der Waals surface area contributed by atoms with Gasteiger partial charge in [0.15, 0.2) is 6.61 Å². The van der Waals surface area contributed by atoms with Crippen molar-refractivity contribution in [2.24, 2.45) is 0 Å². The number of nitrogens with zero attached hydrogens (tertiary/aromatic N) is 4. The van der Waals surface area contributed by atoms with Crippen molar-refractivity contribution in [1.82, 2.24) is 25.5 Å². The van der Waals surface area contributed by atoms with Crippen LogP contribution in [0.4, 0.5) is 0 Å². The van der Waals surface area contributed by atoms with E-state index in [2.05, 4.69) is 20.8 Å². The molecule has 3 aromatic rings. The normalized spacial score (nSPS) is 10.2. The first-order valence-electron chi connectivity index (χ1n) is 8.17. The van der Waals surface area contributed by atoms with Crippen molar-refractivity contribution in [2.75, 3.05) is 19.8 Å². The topological polar surface area (TPSA) is 108 Å². The van der Waals surface area contributed by atoms with Crippen LogP contribution in [0.1, 0.15) is 10.4 Å². The van der Waals surface area contributed by atoms with Crippen LogP contribution in [-0.4, -0.2) is 51.8 Å². The molecule has 0 aliphatic carbocycles. The van der Waals surface area contributed by atoms with E-state index in [1.807, 2.05) is 30.3 Å². The summed E-state index contributed by atoms with van der Waals surface area (Å²) < 4.78 is 11.9. The number of tetrazole rings is 1. The maximum Gasteiger partial charge on any atom is 0.338 e. The summed E-state index contributed by atoms with van der Waals surface area (Å²) in [6, 6.07) is 15.8. The number of nitrogens with one attached hydrogen (secondary N) is 1. The smallest absolute Gasteiger partial charge is 0.338 e. The molecule has 3 rings (SSSR count). The van der Waals surface area contributed by atoms with E-state index in [0.717, 1.165) is 5.75 Å². The fourth-order valence-corrected chi connectivity index (χ4v) is 2.17. The van der Waals surface area contributed by atoms with Crippen LogP contribution in [0, 0.1) is 0 Å². The zero-order chi connectivity index (χ0) is 18.9. The molecule has 9 nitrogen and oxygen atoms in total. The minimum atomic E-state index is -0.589. The van der Waals surface area contributed by atoms with Gasteiger partial charge in [0.1, 0.15) is 18.7 Å². The lowest BCUT2D eigenvalue weighted by molar-refractivity contribution is -0.124. The van der Waals surface area contributed by atoms with Crippen LogP contribution < -0.4 is 10.1 Å². The molecular weight excluding hydrogens is 350 g/mol. The third kappa shape index (κ3) is 5.36. The second kappa shape index (κ2) is 9.09. The van der Waals surface area contributed by atoms with Gasteiger partial charge in [0, 0.05) is 0 Å². The van der Waals surface area contributed by atoms with Crippen LogP contribution >= 0.6 is 0 Å². The van der Waals surface area contributed by atoms with Crippen LogP contribution in [-0.2, 0) is 9.53 Å². The Labute approximate surface area is 154 Å². The molecule has 2 aromatic carbocycles. The Bertz CT molecular complexity index is 867. The second-order valence-electron chi connectivity index (χ2n) is 5.39. The Balaban J connectivity index is 1.37. The summed E-state index contributed by atoms with van der Waals surface area (Å²) in [6.07, 6.45) is 1.44. The van der Waals surface area contributed by atoms with E-state index in [4.69, 9.17) is 9.47 Å². The van der Waals surface area contributed by atoms with Crippen LogP contribution in [0.2, 0.25) is 0 Å². The van der Waals surface area contributed by atoms with Gasteiger partial charge in [0.2, 0.25) is 0 Å². The molecule has 1 amide bonds. The van der Waals surface area contributed by atoms with Crippen molar-refractivity contribution in [3.05, 3.63) is 66.5 Å². The van der Waals surface area contributed by atoms with Crippen molar-refractivity contribution in [3.63, 3.8) is 0 Å². The monoisotopic (exact) mass is 367 g/mol. The lowest BCUT2D eigenvalue weighted by Gasteiger charge is -2.08. The molecule has 0 atom stereocenters. The molecule has 138 valence electrons. The molecule has 0 aliphatic heterocycles. The number of esters is 1. The highest BCUT2D eigenvalue weighted by molar-refractivity contribution is 5.91. The van der Waals surface area contributed by atoms with Crippen LogP contribution in [0.5, 0.6) is 5.75 Å². The summed E-state index contributed by atoms with van der Waals surface area (Å²) in [4.78, 5) is 23.7. The Hall–Kier alpha value is -3.75. The van der Waals surface area contributed by atoms with E-state index in [1.165, 1.54) is 11.0 Å². The highest BCUT2D eigenvalue weighted by atomic mass is 16.5. The van der Waals surface area contributed by atoms with Gasteiger partial charge >= 0.3 is 5.97 Å². The molecule has 1 aromatic heterocycles. The molecule has 0 saturated carbocycles. The van der Waals surface area contributed by atoms with Crippen molar-refractivity contribution >= 4 is 11.9 Å². The van der Waals surface area contributed by atoms with Gasteiger partial charge < -0.3 is 14.8 Å². The summed E-state index contributed by atoms with van der Waals surface area (Å²) in [7, 11) is 0. The molecule has 9 heteroatoms. The SMILES string of the molecule is O=C(COC(=O)c1ccc(-n2cnnn2)cc1)NCCOc1ccccc1. The van der Waals surface area contributed by atoms with Crippen molar-refractivity contribution in [2.45, 2.75) is 0 Å². The van der Waals surface area contributed by atoms with Gasteiger partial charge in [-0.3, -0.25) is 4.79 Å². The quantitative estimate of drug-likeness (QED) is 0.468. The lowest BCUT2D eigenvalue weighted by atomic mass is 10.2. The number of rotatable bonds is 8. The molecule has 1 N–H and O–H groups in total. The molecular formula is C18H17N5O4. The summed E-state index contributed by atoms with van der Waals surface area (Å²) in [5.74, 6) is -0.262. The summed E-state index contributed by atoms with van der Waals surface area (Å²) in [5.41, 5.74) is 1.03. The Morgan fingerprint density at radius 2 is 1.81 bits per heavy atom. The minimum absolute atomic E-state index is 0.311. The number of carbonyl (C=O) groups is 2. The molecule has 0 aliphatic rings. The molecule has 1 heterocycles. The second-order valence-corrected chi connectivity index (χ2v) is 5.39. The molecule has 27 heavy (non-hydrogen) atoms. The first-order chi connectivity index (χ1) is 13.2. The Morgan fingerprint density at radius 3 is 2.52 bits per heavy atom. The number of para-hydroxylation sites is 1. The van der Waals surface area contributed by atoms with Gasteiger partial charge in [-0.25, -0.2) is 9.48 Å². The number of amides is 1. The molecule has 0 spiro atoms. The summed E-state index contributed by atoms with van der Waals surface area (Å²) in [6.45, 7) is 0.271. The number of carbonyl (C=O) groups excluding carboxylic acids is 2. The first kappa shape index (κ1) is 18.1. The minimum Gasteiger partial charge on any atom is -0.492 e. The number of hydrogen-bond acceptors (Lipinski definition) is 7. The maximum atomic E-state index is 12.0. The van der Waals surface area contributed by atoms with Gasteiger partial charge in [-0.1, -0.05) is 18.2 Å². The van der Waals surface area contributed by atoms with Gasteiger partial charge in [0.25, 0.3) is 5.91 Å². The van der Waals surface area contributed by atoms with Crippen LogP contribution in [0.15, 0.2) is 60.9 Å². The Kier molecular flexibility index (Phi) is 6.08. The molecule has 0 fully saturated rings. The summed E-state index contributed by atoms with van der Waals surface area (Å²) in [5, 5.41) is 13.5. The van der Waals surface area contributed by atoms with Gasteiger partial charge in [0.05, 0.1) is 17.8 Å². The maximum absolute atomic E-state index is 12.0. The first-order valence-corrected chi connectivity index (χ1v) is 8.17. The lowest BCUT2D eigenvalue weighted by Crippen LogP contribution is -2.32. The average Bonchev–Trinajstić information content (AvgIpc) is 3.25. The van der Waals surface area contributed by atoms with Gasteiger partial charge in [-0.05, 0) is 46.8 Å². The van der Waals surface area contributed by atoms with Crippen LogP contribution in [0.3, 0.4) is 0 Å². The zero-order valence-electron chi connectivity index (χ0n) is 14.3. The highest BCUT2D eigenvalue weighted by Crippen LogP contribution is 2.09. The number of aromatic nitrogens is 4. The van der Waals surface area contributed by atoms with E-state index in [1.54, 1.807) is 24.3 Å². The van der Waals surface area contributed by atoms with Gasteiger partial charge in [-0.15, -0.1) is 5.10 Å². The van der Waals surface area contributed by atoms with E-state index in [9.17, 15) is 9.59 Å². The highest BCUT2D eigenvalue weighted by Gasteiger charge is 2.10. The number of hydrogen-bond donors (Lipinski definition) is 1. The van der Waals surface area contributed by atoms with Crippen molar-refractivity contribution < 1.29 is 19.1 Å². The summed E-state index contributed by atoms with van der Waals surface area (Å²) >= 11 is 0. The zero-order valence-corrected chi connectivity index (χ0v) is 14.3. The molecule has 0 bridgehead atoms. The average molecular weight is 367 g/mol. The molecule has 0 saturated heterocycles. The fraction of sp³-hybridized carbons (Fsp3) is 0.167. The van der Waals surface area contributed by atoms with E-state index < -0.39 is 11.9 Å². The van der Waals surface area contributed by atoms with E-state index in [-0.39, 0.29) is 6.61 Å². The van der Waals surface area contributed by atoms with E-state index >= 15 is 0 Å². The number of benzene rings is 2. The largest absolute Gasteiger partial charge is 0.492 e. The Morgan fingerprint density at radius 1 is 1.04 bits per heavy atom. The standard InChI is InChI=1S/C18H17N5O4/c24-17(19-10-11-26-16-4-2-1-3-5-16)12-27-18(25)14-6-8-15(9-7-14)23-13-20-21-22-23/h1-9,13H,10-12H2,(H,19,24). The molecule has 0 radical (unpaired) electrons. The van der Waals surface area contributed by atoms with Crippen molar-refractivity contribution in [1.29, 1.82) is 0 Å². The molecule has 0 unspecified atom stereocenters.